The van der Waals surface area contributed by atoms with Gasteiger partial charge in [-0.05, 0) is 14.1 Å². The highest BCUT2D eigenvalue weighted by atomic mass is 35.5. The fourth-order valence-corrected chi connectivity index (χ4v) is 0.765. The fraction of sp³-hybridized carbons (Fsp3) is 0.667. The molecule has 0 aliphatic heterocycles. The Balaban J connectivity index is 3.16. The van der Waals surface area contributed by atoms with Crippen LogP contribution in [0, 0.1) is 11.5 Å². The lowest BCUT2D eigenvalue weighted by Gasteiger charge is -2.00. The molecule has 0 atom stereocenters. The zero-order valence-corrected chi connectivity index (χ0v) is 7.50. The minimum absolute atomic E-state index is 0.592. The van der Waals surface area contributed by atoms with Crippen LogP contribution in [0.3, 0.4) is 0 Å². The average molecular weight is 160 g/mol. The van der Waals surface area contributed by atoms with Gasteiger partial charge in [0.15, 0.2) is 9.52 Å². The molecule has 0 aromatic carbocycles. The third kappa shape index (κ3) is 8.03. The third-order valence-electron chi connectivity index (χ3n) is 0.639. The summed E-state index contributed by atoms with van der Waals surface area (Å²) in [5, 5.41) is 0. The SMILES string of the molecule is CN(C)CC#C[Si]CCl. The summed E-state index contributed by atoms with van der Waals surface area (Å²) in [4.78, 5) is 2.03. The highest BCUT2D eigenvalue weighted by Gasteiger charge is 1.79. The molecule has 0 N–H and O–H groups in total. The largest absolute Gasteiger partial charge is 0.299 e. The number of hydrogen-bond acceptors (Lipinski definition) is 1. The van der Waals surface area contributed by atoms with Gasteiger partial charge in [-0.15, -0.1) is 17.1 Å². The molecule has 0 saturated carbocycles. The third-order valence-corrected chi connectivity index (χ3v) is 1.53. The predicted molar refractivity (Wildman–Crippen MR) is 42.8 cm³/mol. The highest BCUT2D eigenvalue weighted by molar-refractivity contribution is 6.57. The molecule has 0 aromatic heterocycles. The second-order valence-electron chi connectivity index (χ2n) is 1.85. The van der Waals surface area contributed by atoms with Crippen molar-refractivity contribution in [2.45, 2.75) is 0 Å². The minimum Gasteiger partial charge on any atom is -0.299 e. The molecule has 0 saturated heterocycles. The molecule has 0 aliphatic rings. The van der Waals surface area contributed by atoms with Gasteiger partial charge in [-0.3, -0.25) is 4.90 Å². The maximum Gasteiger partial charge on any atom is 0.164 e. The molecule has 50 valence electrons. The zero-order chi connectivity index (χ0) is 7.11. The Morgan fingerprint density at radius 1 is 1.56 bits per heavy atom. The molecule has 0 aliphatic carbocycles. The quantitative estimate of drug-likeness (QED) is 0.321. The molecule has 0 heterocycles. The van der Waals surface area contributed by atoms with Crippen molar-refractivity contribution in [3.63, 3.8) is 0 Å². The lowest BCUT2D eigenvalue weighted by atomic mass is 10.6. The van der Waals surface area contributed by atoms with Crippen LogP contribution in [0.1, 0.15) is 0 Å². The van der Waals surface area contributed by atoms with Gasteiger partial charge in [0.1, 0.15) is 0 Å². The van der Waals surface area contributed by atoms with Crippen molar-refractivity contribution in [2.24, 2.45) is 0 Å². The fourth-order valence-electron chi connectivity index (χ4n) is 0.294. The number of nitrogens with zero attached hydrogens (tertiary/aromatic N) is 1. The standard InChI is InChI=1S/C6H10ClNSi/c1-8(2)4-3-5-9-6-7/h4,6H2,1-2H3. The zero-order valence-electron chi connectivity index (χ0n) is 5.74. The van der Waals surface area contributed by atoms with Crippen molar-refractivity contribution in [1.82, 2.24) is 4.90 Å². The molecule has 9 heavy (non-hydrogen) atoms. The van der Waals surface area contributed by atoms with Crippen molar-refractivity contribution in [2.75, 3.05) is 26.1 Å². The summed E-state index contributed by atoms with van der Waals surface area (Å²) in [6.45, 7) is 0.837. The van der Waals surface area contributed by atoms with Crippen molar-refractivity contribution in [3.05, 3.63) is 0 Å². The Kier molecular flexibility index (Phi) is 6.17. The maximum atomic E-state index is 5.41. The van der Waals surface area contributed by atoms with Crippen LogP contribution in [0.4, 0.5) is 0 Å². The summed E-state index contributed by atoms with van der Waals surface area (Å²) < 4.78 is 0. The molecule has 3 heteroatoms. The van der Waals surface area contributed by atoms with Gasteiger partial charge in [-0.1, -0.05) is 5.92 Å². The number of halogens is 1. The van der Waals surface area contributed by atoms with Gasteiger partial charge in [-0.25, -0.2) is 0 Å². The monoisotopic (exact) mass is 159 g/mol. The Hall–Kier alpha value is 0.0269. The first-order valence-electron chi connectivity index (χ1n) is 2.69. The van der Waals surface area contributed by atoms with Crippen LogP contribution < -0.4 is 0 Å². The van der Waals surface area contributed by atoms with E-state index in [0.29, 0.717) is 15.0 Å². The van der Waals surface area contributed by atoms with Crippen molar-refractivity contribution >= 4 is 21.1 Å². The molecule has 0 fully saturated rings. The van der Waals surface area contributed by atoms with Crippen LogP contribution in [-0.2, 0) is 0 Å². The number of alkyl halides is 1. The molecule has 0 amide bonds. The van der Waals surface area contributed by atoms with Gasteiger partial charge in [0.25, 0.3) is 0 Å². The Morgan fingerprint density at radius 2 is 2.22 bits per heavy atom. The van der Waals surface area contributed by atoms with Crippen LogP contribution in [-0.4, -0.2) is 40.6 Å². The van der Waals surface area contributed by atoms with Gasteiger partial charge in [0.05, 0.1) is 6.54 Å². The summed E-state index contributed by atoms with van der Waals surface area (Å²) in [7, 11) is 4.59. The smallest absolute Gasteiger partial charge is 0.164 e. The first-order valence-corrected chi connectivity index (χ1v) is 4.43. The van der Waals surface area contributed by atoms with Crippen LogP contribution in [0.5, 0.6) is 0 Å². The highest BCUT2D eigenvalue weighted by Crippen LogP contribution is 1.70. The Labute approximate surface area is 64.2 Å². The van der Waals surface area contributed by atoms with E-state index >= 15 is 0 Å². The molecular formula is C6H10ClNSi. The average Bonchev–Trinajstić information content (AvgIpc) is 1.80. The number of rotatable bonds is 2. The summed E-state index contributed by atoms with van der Waals surface area (Å²) in [5.41, 5.74) is 3.64. The van der Waals surface area contributed by atoms with E-state index < -0.39 is 0 Å². The summed E-state index contributed by atoms with van der Waals surface area (Å²) in [5.74, 6) is 2.99. The van der Waals surface area contributed by atoms with Crippen LogP contribution in [0.25, 0.3) is 0 Å². The van der Waals surface area contributed by atoms with Crippen LogP contribution >= 0.6 is 11.6 Å². The molecule has 0 rings (SSSR count). The second-order valence-corrected chi connectivity index (χ2v) is 3.52. The van der Waals surface area contributed by atoms with Crippen molar-refractivity contribution in [1.29, 1.82) is 0 Å². The van der Waals surface area contributed by atoms with Crippen LogP contribution in [0.2, 0.25) is 0 Å². The normalized spacial score (nSPS) is 8.89. The molecule has 0 bridgehead atoms. The van der Waals surface area contributed by atoms with E-state index in [1.54, 1.807) is 0 Å². The lowest BCUT2D eigenvalue weighted by Crippen LogP contribution is -2.11. The van der Waals surface area contributed by atoms with Crippen molar-refractivity contribution in [3.8, 4) is 11.5 Å². The van der Waals surface area contributed by atoms with Gasteiger partial charge in [-0.2, -0.15) is 0 Å². The second kappa shape index (κ2) is 6.15. The summed E-state index contributed by atoms with van der Waals surface area (Å²) >= 11 is 5.41. The summed E-state index contributed by atoms with van der Waals surface area (Å²) in [6.07, 6.45) is 0. The molecule has 0 unspecified atom stereocenters. The van der Waals surface area contributed by atoms with Gasteiger partial charge >= 0.3 is 0 Å². The maximum absolute atomic E-state index is 5.41. The van der Waals surface area contributed by atoms with E-state index in [2.05, 4.69) is 11.5 Å². The molecule has 1 nitrogen and oxygen atoms in total. The first kappa shape index (κ1) is 9.03. The first-order chi connectivity index (χ1) is 4.27. The number of hydrogen-bond donors (Lipinski definition) is 0. The van der Waals surface area contributed by atoms with E-state index in [1.807, 2.05) is 19.0 Å². The van der Waals surface area contributed by atoms with Gasteiger partial charge in [0, 0.05) is 5.50 Å². The predicted octanol–water partition coefficient (Wildman–Crippen LogP) is 0.409. The van der Waals surface area contributed by atoms with E-state index in [1.165, 1.54) is 0 Å². The molecular weight excluding hydrogens is 150 g/mol. The molecule has 2 radical (unpaired) electrons. The lowest BCUT2D eigenvalue weighted by molar-refractivity contribution is 0.464. The molecule has 0 spiro atoms. The Bertz CT molecular complexity index is 114. The van der Waals surface area contributed by atoms with Gasteiger partial charge < -0.3 is 0 Å². The van der Waals surface area contributed by atoms with Gasteiger partial charge in [0.2, 0.25) is 0 Å². The topological polar surface area (TPSA) is 3.24 Å². The van der Waals surface area contributed by atoms with E-state index in [-0.39, 0.29) is 0 Å². The minimum atomic E-state index is 0.592. The van der Waals surface area contributed by atoms with Crippen molar-refractivity contribution < 1.29 is 0 Å². The van der Waals surface area contributed by atoms with E-state index in [4.69, 9.17) is 11.6 Å². The molecule has 0 aromatic rings. The van der Waals surface area contributed by atoms with Crippen LogP contribution in [0.15, 0.2) is 0 Å². The summed E-state index contributed by atoms with van der Waals surface area (Å²) in [6, 6.07) is 0. The Morgan fingerprint density at radius 3 is 2.67 bits per heavy atom. The van der Waals surface area contributed by atoms with E-state index in [9.17, 15) is 0 Å². The van der Waals surface area contributed by atoms with E-state index in [0.717, 1.165) is 6.54 Å².